The lowest BCUT2D eigenvalue weighted by atomic mass is 10.00. The zero-order chi connectivity index (χ0) is 15.6. The molecular weight excluding hydrogens is 327 g/mol. The maximum Gasteiger partial charge on any atom is 0.197 e. The average Bonchev–Trinajstić information content (AvgIpc) is 3.15. The maximum atomic E-state index is 9.33. The zero-order valence-corrected chi connectivity index (χ0v) is 13.3. The molecule has 2 aromatic rings. The van der Waals surface area contributed by atoms with Crippen LogP contribution in [0.15, 0.2) is 30.6 Å². The van der Waals surface area contributed by atoms with Gasteiger partial charge in [0.1, 0.15) is 11.9 Å². The maximum absolute atomic E-state index is 9.33. The summed E-state index contributed by atoms with van der Waals surface area (Å²) in [4.78, 5) is 7.26. The number of aryl methyl sites for hydroxylation is 1. The number of nitrogens with one attached hydrogen (secondary N) is 1. The third kappa shape index (κ3) is 3.14. The molecule has 0 radical (unpaired) electrons. The molecular formula is C15H16Cl2N2O3. The van der Waals surface area contributed by atoms with E-state index < -0.39 is 5.79 Å². The summed E-state index contributed by atoms with van der Waals surface area (Å²) in [6, 6.07) is 5.20. The summed E-state index contributed by atoms with van der Waals surface area (Å²) in [7, 11) is 0. The average molecular weight is 343 g/mol. The lowest BCUT2D eigenvalue weighted by Gasteiger charge is -2.29. The smallest absolute Gasteiger partial charge is 0.197 e. The Morgan fingerprint density at radius 1 is 1.41 bits per heavy atom. The van der Waals surface area contributed by atoms with Gasteiger partial charge >= 0.3 is 0 Å². The van der Waals surface area contributed by atoms with Gasteiger partial charge in [0.2, 0.25) is 0 Å². The first kappa shape index (κ1) is 15.8. The molecule has 1 aromatic carbocycles. The van der Waals surface area contributed by atoms with Gasteiger partial charge in [-0.05, 0) is 12.1 Å². The van der Waals surface area contributed by atoms with E-state index in [1.54, 1.807) is 30.6 Å². The van der Waals surface area contributed by atoms with Crippen LogP contribution in [0, 0.1) is 0 Å². The molecule has 5 nitrogen and oxygen atoms in total. The third-order valence-electron chi connectivity index (χ3n) is 3.65. The van der Waals surface area contributed by atoms with Crippen molar-refractivity contribution in [2.75, 3.05) is 13.2 Å². The normalized spacial score (nSPS) is 24.8. The molecule has 2 N–H and O–H groups in total. The van der Waals surface area contributed by atoms with Gasteiger partial charge in [-0.25, -0.2) is 4.98 Å². The van der Waals surface area contributed by atoms with Crippen LogP contribution in [0.1, 0.15) is 17.8 Å². The first-order valence-corrected chi connectivity index (χ1v) is 7.75. The second kappa shape index (κ2) is 6.56. The molecule has 0 spiro atoms. The van der Waals surface area contributed by atoms with E-state index in [1.807, 2.05) is 0 Å². The largest absolute Gasteiger partial charge is 0.394 e. The molecule has 1 saturated heterocycles. The molecule has 22 heavy (non-hydrogen) atoms. The van der Waals surface area contributed by atoms with Crippen LogP contribution in [0.4, 0.5) is 0 Å². The highest BCUT2D eigenvalue weighted by atomic mass is 35.5. The quantitative estimate of drug-likeness (QED) is 0.876. The summed E-state index contributed by atoms with van der Waals surface area (Å²) in [6.07, 6.45) is 4.25. The van der Waals surface area contributed by atoms with Crippen LogP contribution in [0.3, 0.4) is 0 Å². The number of ether oxygens (including phenoxy) is 2. The Balaban J connectivity index is 1.89. The number of imidazole rings is 1. The minimum absolute atomic E-state index is 0.103. The minimum Gasteiger partial charge on any atom is -0.394 e. The number of aliphatic hydroxyl groups is 1. The van der Waals surface area contributed by atoms with Crippen LogP contribution in [-0.4, -0.2) is 34.4 Å². The molecule has 0 saturated carbocycles. The highest BCUT2D eigenvalue weighted by molar-refractivity contribution is 6.35. The van der Waals surface area contributed by atoms with Gasteiger partial charge in [0, 0.05) is 35.8 Å². The molecule has 0 aliphatic carbocycles. The van der Waals surface area contributed by atoms with E-state index in [2.05, 4.69) is 9.97 Å². The van der Waals surface area contributed by atoms with E-state index in [4.69, 9.17) is 32.7 Å². The second-order valence-electron chi connectivity index (χ2n) is 5.15. The van der Waals surface area contributed by atoms with Gasteiger partial charge < -0.3 is 19.6 Å². The lowest BCUT2D eigenvalue weighted by molar-refractivity contribution is -0.184. The third-order valence-corrected chi connectivity index (χ3v) is 4.20. The highest BCUT2D eigenvalue weighted by Crippen LogP contribution is 2.42. The van der Waals surface area contributed by atoms with Crippen molar-refractivity contribution in [2.24, 2.45) is 0 Å². The van der Waals surface area contributed by atoms with E-state index in [0.717, 1.165) is 5.82 Å². The molecule has 1 fully saturated rings. The Morgan fingerprint density at radius 2 is 2.27 bits per heavy atom. The monoisotopic (exact) mass is 342 g/mol. The molecule has 3 rings (SSSR count). The highest BCUT2D eigenvalue weighted by Gasteiger charge is 2.44. The van der Waals surface area contributed by atoms with E-state index >= 15 is 0 Å². The van der Waals surface area contributed by atoms with Crippen molar-refractivity contribution in [3.05, 3.63) is 52.0 Å². The van der Waals surface area contributed by atoms with Crippen molar-refractivity contribution >= 4 is 23.2 Å². The molecule has 0 amide bonds. The predicted molar refractivity (Wildman–Crippen MR) is 83.0 cm³/mol. The van der Waals surface area contributed by atoms with Gasteiger partial charge in [-0.3, -0.25) is 0 Å². The van der Waals surface area contributed by atoms with Gasteiger partial charge in [-0.15, -0.1) is 0 Å². The molecule has 0 unspecified atom stereocenters. The summed E-state index contributed by atoms with van der Waals surface area (Å²) in [6.45, 7) is 0.210. The summed E-state index contributed by atoms with van der Waals surface area (Å²) >= 11 is 12.3. The number of rotatable bonds is 5. The minimum atomic E-state index is -0.998. The Bertz CT molecular complexity index is 636. The number of H-pyrrole nitrogens is 1. The first-order valence-electron chi connectivity index (χ1n) is 6.99. The van der Waals surface area contributed by atoms with Crippen molar-refractivity contribution < 1.29 is 14.6 Å². The number of benzene rings is 1. The lowest BCUT2D eigenvalue weighted by Crippen LogP contribution is -2.30. The Morgan fingerprint density at radius 3 is 2.91 bits per heavy atom. The molecule has 7 heteroatoms. The summed E-state index contributed by atoms with van der Waals surface area (Å²) < 4.78 is 11.9. The van der Waals surface area contributed by atoms with Gasteiger partial charge in [-0.1, -0.05) is 29.3 Å². The fourth-order valence-corrected chi connectivity index (χ4v) is 3.13. The van der Waals surface area contributed by atoms with Gasteiger partial charge in [0.05, 0.1) is 18.2 Å². The molecule has 1 aliphatic heterocycles. The molecule has 118 valence electrons. The molecule has 0 bridgehead atoms. The van der Waals surface area contributed by atoms with Gasteiger partial charge in [-0.2, -0.15) is 0 Å². The van der Waals surface area contributed by atoms with Crippen molar-refractivity contribution in [1.29, 1.82) is 0 Å². The van der Waals surface area contributed by atoms with Crippen molar-refractivity contribution in [1.82, 2.24) is 9.97 Å². The SMILES string of the molecule is OC[C@H]1CO[C@](CCc2ncc[nH]2)(c2ccc(Cl)cc2Cl)O1. The summed E-state index contributed by atoms with van der Waals surface area (Å²) in [5.41, 5.74) is 0.709. The molecule has 2 heterocycles. The van der Waals surface area contributed by atoms with E-state index in [9.17, 15) is 5.11 Å². The van der Waals surface area contributed by atoms with Crippen LogP contribution in [0.2, 0.25) is 10.0 Å². The fourth-order valence-electron chi connectivity index (χ4n) is 2.58. The Kier molecular flexibility index (Phi) is 4.70. The molecule has 1 aliphatic rings. The van der Waals surface area contributed by atoms with Crippen LogP contribution in [0.25, 0.3) is 0 Å². The summed E-state index contributed by atoms with van der Waals surface area (Å²) in [5.74, 6) is -0.161. The van der Waals surface area contributed by atoms with Crippen molar-refractivity contribution in [3.8, 4) is 0 Å². The topological polar surface area (TPSA) is 67.4 Å². The van der Waals surface area contributed by atoms with Gasteiger partial charge in [0.15, 0.2) is 5.79 Å². The molecule has 2 atom stereocenters. The number of aliphatic hydroxyl groups excluding tert-OH is 1. The molecule has 1 aromatic heterocycles. The fraction of sp³-hybridized carbons (Fsp3) is 0.400. The Labute approximate surface area is 138 Å². The second-order valence-corrected chi connectivity index (χ2v) is 5.99. The van der Waals surface area contributed by atoms with Crippen molar-refractivity contribution in [3.63, 3.8) is 0 Å². The van der Waals surface area contributed by atoms with Crippen LogP contribution in [0.5, 0.6) is 0 Å². The standard InChI is InChI=1S/C15H16Cl2N2O3/c16-10-1-2-12(13(17)7-10)15(21-9-11(8-20)22-15)4-3-14-18-5-6-19-14/h1-2,5-7,11,20H,3-4,8-9H2,(H,18,19)/t11-,15-/m0/s1. The van der Waals surface area contributed by atoms with Crippen LogP contribution in [-0.2, 0) is 21.7 Å². The van der Waals surface area contributed by atoms with Gasteiger partial charge in [0.25, 0.3) is 0 Å². The number of hydrogen-bond acceptors (Lipinski definition) is 4. The zero-order valence-electron chi connectivity index (χ0n) is 11.8. The van der Waals surface area contributed by atoms with E-state index in [-0.39, 0.29) is 12.7 Å². The van der Waals surface area contributed by atoms with E-state index in [1.165, 1.54) is 0 Å². The number of nitrogens with zero attached hydrogens (tertiary/aromatic N) is 1. The predicted octanol–water partition coefficient (Wildman–Crippen LogP) is 2.91. The van der Waals surface area contributed by atoms with E-state index in [0.29, 0.717) is 35.1 Å². The summed E-state index contributed by atoms with van der Waals surface area (Å²) in [5, 5.41) is 10.4. The number of halogens is 2. The number of aromatic nitrogens is 2. The number of hydrogen-bond donors (Lipinski definition) is 2. The Hall–Kier alpha value is -1.11. The van der Waals surface area contributed by atoms with Crippen LogP contribution < -0.4 is 0 Å². The first-order chi connectivity index (χ1) is 10.6. The van der Waals surface area contributed by atoms with Crippen molar-refractivity contribution in [2.45, 2.75) is 24.7 Å². The van der Waals surface area contributed by atoms with Crippen LogP contribution >= 0.6 is 23.2 Å². The number of aromatic amines is 1.